The van der Waals surface area contributed by atoms with E-state index in [1.165, 1.54) is 0 Å². The van der Waals surface area contributed by atoms with Crippen LogP contribution in [0.3, 0.4) is 0 Å². The first-order chi connectivity index (χ1) is 3.68. The molecule has 0 aliphatic heterocycles. The summed E-state index contributed by atoms with van der Waals surface area (Å²) in [5.74, 6) is 0. The van der Waals surface area contributed by atoms with E-state index in [1.807, 2.05) is 6.92 Å². The lowest BCUT2D eigenvalue weighted by Gasteiger charge is -1.83. The summed E-state index contributed by atoms with van der Waals surface area (Å²) in [5, 5.41) is 0.371. The molecular weight excluding hydrogens is 166 g/mol. The van der Waals surface area contributed by atoms with Gasteiger partial charge in [-0.3, -0.25) is 0 Å². The summed E-state index contributed by atoms with van der Waals surface area (Å²) in [7, 11) is 0. The van der Waals surface area contributed by atoms with Crippen LogP contribution in [0.5, 0.6) is 0 Å². The Labute approximate surface area is 63.7 Å². The van der Waals surface area contributed by atoms with Crippen molar-refractivity contribution in [2.75, 3.05) is 0 Å². The molecule has 46 valence electrons. The van der Waals surface area contributed by atoms with Gasteiger partial charge in [-0.15, -0.1) is 0 Å². The maximum absolute atomic E-state index is 5.44. The first-order valence-electron chi connectivity index (χ1n) is 2.02. The van der Waals surface area contributed by atoms with Gasteiger partial charge < -0.3 is 0 Å². The van der Waals surface area contributed by atoms with Crippen molar-refractivity contribution in [1.29, 1.82) is 0 Å². The van der Waals surface area contributed by atoms with Crippen molar-refractivity contribution in [3.8, 4) is 0 Å². The Bertz CT molecular complexity index is 120. The van der Waals surface area contributed by atoms with Crippen LogP contribution in [0.25, 0.3) is 0 Å². The summed E-state index contributed by atoms with van der Waals surface area (Å²) in [5.41, 5.74) is 0. The molecule has 0 aliphatic rings. The third-order valence-electron chi connectivity index (χ3n) is 0.494. The van der Waals surface area contributed by atoms with Crippen LogP contribution in [0.15, 0.2) is 21.7 Å². The van der Waals surface area contributed by atoms with Gasteiger partial charge >= 0.3 is 0 Å². The fourth-order valence-electron chi connectivity index (χ4n) is 0.209. The van der Waals surface area contributed by atoms with E-state index in [2.05, 4.69) is 0 Å². The molecule has 0 spiro atoms. The monoisotopic (exact) mass is 170 g/mol. The fraction of sp³-hybridized carbons (Fsp3) is 0.200. The van der Waals surface area contributed by atoms with Crippen LogP contribution in [0.1, 0.15) is 6.92 Å². The Morgan fingerprint density at radius 2 is 1.75 bits per heavy atom. The molecule has 0 nitrogen and oxygen atoms in total. The highest BCUT2D eigenvalue weighted by Gasteiger charge is 1.89. The minimum atomic E-state index is 0.102. The average molecular weight is 171 g/mol. The molecule has 0 rings (SSSR count). The van der Waals surface area contributed by atoms with Gasteiger partial charge in [0.25, 0.3) is 0 Å². The number of hydrogen-bond donors (Lipinski definition) is 0. The molecule has 0 atom stereocenters. The highest BCUT2D eigenvalue weighted by atomic mass is 35.5. The first kappa shape index (κ1) is 8.35. The summed E-state index contributed by atoms with van der Waals surface area (Å²) in [6.45, 7) is 1.83. The molecule has 0 amide bonds. The van der Waals surface area contributed by atoms with Gasteiger partial charge in [0.1, 0.15) is 4.49 Å². The van der Waals surface area contributed by atoms with Gasteiger partial charge in [0, 0.05) is 0 Å². The molecule has 0 aliphatic carbocycles. The predicted molar refractivity (Wildman–Crippen MR) is 39.4 cm³/mol. The van der Waals surface area contributed by atoms with E-state index in [9.17, 15) is 0 Å². The normalized spacial score (nSPS) is 10.0. The zero-order chi connectivity index (χ0) is 6.57. The molecule has 8 heavy (non-hydrogen) atoms. The quantitative estimate of drug-likeness (QED) is 0.530. The molecule has 0 unspecified atom stereocenters. The van der Waals surface area contributed by atoms with E-state index >= 15 is 0 Å². The maximum Gasteiger partial charge on any atom is 0.125 e. The van der Waals surface area contributed by atoms with E-state index in [-0.39, 0.29) is 4.49 Å². The Balaban J connectivity index is 4.00. The minimum Gasteiger partial charge on any atom is -0.0861 e. The van der Waals surface area contributed by atoms with Crippen LogP contribution in [0.2, 0.25) is 0 Å². The Morgan fingerprint density at radius 3 is 1.88 bits per heavy atom. The predicted octanol–water partition coefficient (Wildman–Crippen LogP) is 3.45. The van der Waals surface area contributed by atoms with Crippen LogP contribution in [-0.2, 0) is 0 Å². The first-order valence-corrected chi connectivity index (χ1v) is 3.15. The zero-order valence-electron chi connectivity index (χ0n) is 4.29. The second-order valence-electron chi connectivity index (χ2n) is 1.11. The van der Waals surface area contributed by atoms with Crippen LogP contribution in [-0.4, -0.2) is 0 Å². The lowest BCUT2D eigenvalue weighted by molar-refractivity contribution is 1.72. The van der Waals surface area contributed by atoms with Crippen LogP contribution in [0.4, 0.5) is 0 Å². The van der Waals surface area contributed by atoms with Crippen molar-refractivity contribution in [3.63, 3.8) is 0 Å². The highest BCUT2D eigenvalue weighted by molar-refractivity contribution is 6.59. The van der Waals surface area contributed by atoms with Crippen LogP contribution in [0, 0.1) is 0 Å². The Kier molecular flexibility index (Phi) is 4.44. The van der Waals surface area contributed by atoms with E-state index in [0.717, 1.165) is 0 Å². The third-order valence-corrected chi connectivity index (χ3v) is 1.41. The van der Waals surface area contributed by atoms with Crippen molar-refractivity contribution in [2.45, 2.75) is 6.92 Å². The topological polar surface area (TPSA) is 0 Å². The summed E-state index contributed by atoms with van der Waals surface area (Å²) < 4.78 is 0.102. The zero-order valence-corrected chi connectivity index (χ0v) is 6.56. The fourth-order valence-corrected chi connectivity index (χ4v) is 0.461. The number of rotatable bonds is 1. The average Bonchev–Trinajstić information content (AvgIpc) is 1.67. The second kappa shape index (κ2) is 4.25. The van der Waals surface area contributed by atoms with Crippen LogP contribution < -0.4 is 0 Å². The van der Waals surface area contributed by atoms with Gasteiger partial charge in [0.2, 0.25) is 0 Å². The van der Waals surface area contributed by atoms with Crippen molar-refractivity contribution in [3.05, 3.63) is 21.7 Å². The smallest absolute Gasteiger partial charge is 0.0861 e. The van der Waals surface area contributed by atoms with Crippen molar-refractivity contribution >= 4 is 34.8 Å². The minimum absolute atomic E-state index is 0.102. The van der Waals surface area contributed by atoms with Gasteiger partial charge in [-0.05, 0) is 13.0 Å². The number of halogens is 3. The summed E-state index contributed by atoms with van der Waals surface area (Å²) in [4.78, 5) is 0. The Hall–Kier alpha value is 0.350. The molecule has 0 heterocycles. The standard InChI is InChI=1S/C5H5Cl3/c1-2-3-4(6)5(7)8/h2-3H,1H3/b3-2+. The number of allylic oxidation sites excluding steroid dienone is 3. The van der Waals surface area contributed by atoms with Crippen molar-refractivity contribution in [1.82, 2.24) is 0 Å². The van der Waals surface area contributed by atoms with Crippen LogP contribution >= 0.6 is 34.8 Å². The van der Waals surface area contributed by atoms with E-state index < -0.39 is 0 Å². The molecular formula is C5H5Cl3. The molecule has 0 bridgehead atoms. The molecule has 0 aromatic heterocycles. The molecule has 0 fully saturated rings. The third kappa shape index (κ3) is 3.36. The maximum atomic E-state index is 5.44. The van der Waals surface area contributed by atoms with E-state index in [1.54, 1.807) is 12.2 Å². The lowest BCUT2D eigenvalue weighted by Crippen LogP contribution is -1.60. The lowest BCUT2D eigenvalue weighted by atomic mass is 10.5. The van der Waals surface area contributed by atoms with Gasteiger partial charge in [0.05, 0.1) is 5.03 Å². The highest BCUT2D eigenvalue weighted by Crippen LogP contribution is 2.18. The molecule has 0 aromatic carbocycles. The Morgan fingerprint density at radius 1 is 1.25 bits per heavy atom. The van der Waals surface area contributed by atoms with E-state index in [4.69, 9.17) is 34.8 Å². The largest absolute Gasteiger partial charge is 0.125 e. The van der Waals surface area contributed by atoms with Crippen molar-refractivity contribution < 1.29 is 0 Å². The van der Waals surface area contributed by atoms with Gasteiger partial charge in [-0.25, -0.2) is 0 Å². The molecule has 0 aromatic rings. The summed E-state index contributed by atoms with van der Waals surface area (Å²) in [6, 6.07) is 0. The molecule has 3 heteroatoms. The van der Waals surface area contributed by atoms with E-state index in [0.29, 0.717) is 5.03 Å². The number of hydrogen-bond acceptors (Lipinski definition) is 0. The van der Waals surface area contributed by atoms with Gasteiger partial charge in [-0.1, -0.05) is 40.9 Å². The molecule has 0 radical (unpaired) electrons. The SMILES string of the molecule is C/C=C/C(Cl)=C(Cl)Cl. The molecule has 0 N–H and O–H groups in total. The summed E-state index contributed by atoms with van der Waals surface area (Å²) >= 11 is 16.0. The molecule has 0 saturated heterocycles. The summed E-state index contributed by atoms with van der Waals surface area (Å²) in [6.07, 6.45) is 3.38. The molecule has 0 saturated carbocycles. The van der Waals surface area contributed by atoms with Gasteiger partial charge in [-0.2, -0.15) is 0 Å². The van der Waals surface area contributed by atoms with Crippen molar-refractivity contribution in [2.24, 2.45) is 0 Å². The van der Waals surface area contributed by atoms with Gasteiger partial charge in [0.15, 0.2) is 0 Å². The second-order valence-corrected chi connectivity index (χ2v) is 2.46.